The van der Waals surface area contributed by atoms with Gasteiger partial charge in [0.15, 0.2) is 0 Å². The van der Waals surface area contributed by atoms with Crippen LogP contribution in [0.1, 0.15) is 6.42 Å². The van der Waals surface area contributed by atoms with Crippen LogP contribution in [0.25, 0.3) is 0 Å². The van der Waals surface area contributed by atoms with Gasteiger partial charge in [0, 0.05) is 6.54 Å². The van der Waals surface area contributed by atoms with E-state index in [1.54, 1.807) is 6.08 Å². The number of nitrogens with one attached hydrogen (secondary N) is 1. The van der Waals surface area contributed by atoms with Gasteiger partial charge in [0.2, 0.25) is 0 Å². The summed E-state index contributed by atoms with van der Waals surface area (Å²) in [5.74, 6) is -0.396. The van der Waals surface area contributed by atoms with Gasteiger partial charge in [0.05, 0.1) is 5.70 Å². The van der Waals surface area contributed by atoms with Gasteiger partial charge in [0.25, 0.3) is 0 Å². The summed E-state index contributed by atoms with van der Waals surface area (Å²) in [6.45, 7) is 7.56. The van der Waals surface area contributed by atoms with Crippen molar-refractivity contribution in [3.63, 3.8) is 0 Å². The fraction of sp³-hybridized carbons (Fsp3) is 0.250. The lowest BCUT2D eigenvalue weighted by Gasteiger charge is -1.98. The molecule has 1 nitrogen and oxygen atoms in total. The predicted molar refractivity (Wildman–Crippen MR) is 40.1 cm³/mol. The first-order valence-corrected chi connectivity index (χ1v) is 3.20. The van der Waals surface area contributed by atoms with Gasteiger partial charge in [-0.3, -0.25) is 0 Å². The minimum Gasteiger partial charge on any atom is -0.382 e. The fourth-order valence-corrected chi connectivity index (χ4v) is 1.03. The first-order chi connectivity index (χ1) is 4.75. The fourth-order valence-electron chi connectivity index (χ4n) is 1.03. The number of rotatable bonds is 2. The van der Waals surface area contributed by atoms with E-state index < -0.39 is 5.83 Å². The van der Waals surface area contributed by atoms with Crippen LogP contribution in [0.5, 0.6) is 0 Å². The van der Waals surface area contributed by atoms with Gasteiger partial charge in [-0.2, -0.15) is 0 Å². The third kappa shape index (κ3) is 1.10. The highest BCUT2D eigenvalue weighted by molar-refractivity contribution is 5.36. The molecule has 0 aromatic rings. The molecule has 0 bridgehead atoms. The van der Waals surface area contributed by atoms with Gasteiger partial charge in [-0.15, -0.1) is 0 Å². The van der Waals surface area contributed by atoms with E-state index in [0.29, 0.717) is 5.70 Å². The van der Waals surface area contributed by atoms with Crippen molar-refractivity contribution < 1.29 is 4.39 Å². The molecule has 0 saturated heterocycles. The summed E-state index contributed by atoms with van der Waals surface area (Å²) in [7, 11) is 0. The Morgan fingerprint density at radius 3 is 2.80 bits per heavy atom. The monoisotopic (exact) mass is 139 g/mol. The van der Waals surface area contributed by atoms with Crippen molar-refractivity contribution in [1.82, 2.24) is 5.32 Å². The molecule has 0 aliphatic carbocycles. The lowest BCUT2D eigenvalue weighted by atomic mass is 10.2. The molecular formula is C8H10FN. The van der Waals surface area contributed by atoms with E-state index in [-0.39, 0.29) is 0 Å². The van der Waals surface area contributed by atoms with Crippen LogP contribution in [0.15, 0.2) is 36.3 Å². The molecule has 1 aliphatic rings. The summed E-state index contributed by atoms with van der Waals surface area (Å²) in [6.07, 6.45) is 2.52. The smallest absolute Gasteiger partial charge is 0.139 e. The molecule has 0 saturated carbocycles. The molecule has 54 valence electrons. The van der Waals surface area contributed by atoms with E-state index in [1.165, 1.54) is 0 Å². The first kappa shape index (κ1) is 7.06. The van der Waals surface area contributed by atoms with Crippen molar-refractivity contribution in [2.24, 2.45) is 0 Å². The van der Waals surface area contributed by atoms with E-state index >= 15 is 0 Å². The molecule has 0 unspecified atom stereocenters. The summed E-state index contributed by atoms with van der Waals surface area (Å²) in [6, 6.07) is 0. The van der Waals surface area contributed by atoms with E-state index in [9.17, 15) is 4.39 Å². The van der Waals surface area contributed by atoms with Crippen molar-refractivity contribution in [1.29, 1.82) is 0 Å². The minimum absolute atomic E-state index is 0.396. The Hall–Kier alpha value is -1.05. The maximum absolute atomic E-state index is 12.5. The Morgan fingerprint density at radius 1 is 1.70 bits per heavy atom. The second-order valence-corrected chi connectivity index (χ2v) is 2.19. The Balaban J connectivity index is 2.88. The standard InChI is InChI=1S/C8H10FN/c1-3-7-4-5-10-8(7)6(2)9/h3,10H,1-2,4-5H2. The third-order valence-corrected chi connectivity index (χ3v) is 1.53. The van der Waals surface area contributed by atoms with Crippen molar-refractivity contribution in [3.8, 4) is 0 Å². The average Bonchev–Trinajstić information content (AvgIpc) is 2.33. The number of hydrogen-bond acceptors (Lipinski definition) is 1. The van der Waals surface area contributed by atoms with E-state index in [2.05, 4.69) is 18.5 Å². The SMILES string of the molecule is C=CC1=C(C(=C)F)NCC1. The average molecular weight is 139 g/mol. The number of halogens is 1. The summed E-state index contributed by atoms with van der Waals surface area (Å²) in [5, 5.41) is 2.89. The largest absolute Gasteiger partial charge is 0.382 e. The van der Waals surface area contributed by atoms with Crippen molar-refractivity contribution >= 4 is 0 Å². The van der Waals surface area contributed by atoms with Gasteiger partial charge in [0.1, 0.15) is 5.83 Å². The molecule has 10 heavy (non-hydrogen) atoms. The summed E-state index contributed by atoms with van der Waals surface area (Å²) in [5.41, 5.74) is 1.45. The molecule has 1 aliphatic heterocycles. The molecule has 1 N–H and O–H groups in total. The number of hydrogen-bond donors (Lipinski definition) is 1. The molecular weight excluding hydrogens is 129 g/mol. The summed E-state index contributed by atoms with van der Waals surface area (Å²) < 4.78 is 12.5. The second-order valence-electron chi connectivity index (χ2n) is 2.19. The number of allylic oxidation sites excluding steroid dienone is 2. The van der Waals surface area contributed by atoms with Crippen LogP contribution in [0, 0.1) is 0 Å². The van der Waals surface area contributed by atoms with Crippen molar-refractivity contribution in [2.45, 2.75) is 6.42 Å². The third-order valence-electron chi connectivity index (χ3n) is 1.53. The molecule has 0 atom stereocenters. The second kappa shape index (κ2) is 2.69. The van der Waals surface area contributed by atoms with Crippen LogP contribution in [-0.2, 0) is 0 Å². The van der Waals surface area contributed by atoms with Crippen molar-refractivity contribution in [3.05, 3.63) is 36.3 Å². The summed E-state index contributed by atoms with van der Waals surface area (Å²) >= 11 is 0. The van der Waals surface area contributed by atoms with E-state index in [0.717, 1.165) is 18.5 Å². The normalized spacial score (nSPS) is 16.9. The zero-order chi connectivity index (χ0) is 7.56. The Labute approximate surface area is 59.9 Å². The first-order valence-electron chi connectivity index (χ1n) is 3.20. The Bertz CT molecular complexity index is 203. The van der Waals surface area contributed by atoms with Gasteiger partial charge >= 0.3 is 0 Å². The van der Waals surface area contributed by atoms with Gasteiger partial charge in [-0.05, 0) is 12.0 Å². The minimum atomic E-state index is -0.396. The molecule has 0 radical (unpaired) electrons. The lowest BCUT2D eigenvalue weighted by molar-refractivity contribution is 0.636. The molecule has 0 aromatic heterocycles. The van der Waals surface area contributed by atoms with Gasteiger partial charge in [-0.1, -0.05) is 19.2 Å². The highest BCUT2D eigenvalue weighted by Gasteiger charge is 2.12. The molecule has 2 heteroatoms. The zero-order valence-corrected chi connectivity index (χ0v) is 5.78. The molecule has 0 amide bonds. The van der Waals surface area contributed by atoms with E-state index in [4.69, 9.17) is 0 Å². The lowest BCUT2D eigenvalue weighted by Crippen LogP contribution is -2.06. The van der Waals surface area contributed by atoms with Crippen LogP contribution in [0.4, 0.5) is 4.39 Å². The van der Waals surface area contributed by atoms with Crippen LogP contribution >= 0.6 is 0 Å². The maximum Gasteiger partial charge on any atom is 0.139 e. The molecule has 1 rings (SSSR count). The molecule has 1 heterocycles. The van der Waals surface area contributed by atoms with Crippen LogP contribution in [0.3, 0.4) is 0 Å². The highest BCUT2D eigenvalue weighted by Crippen LogP contribution is 2.20. The predicted octanol–water partition coefficient (Wildman–Crippen LogP) is 1.90. The van der Waals surface area contributed by atoms with E-state index in [1.807, 2.05) is 0 Å². The molecule has 0 spiro atoms. The highest BCUT2D eigenvalue weighted by atomic mass is 19.1. The van der Waals surface area contributed by atoms with Crippen LogP contribution in [-0.4, -0.2) is 6.54 Å². The van der Waals surface area contributed by atoms with Gasteiger partial charge < -0.3 is 5.32 Å². The van der Waals surface area contributed by atoms with Crippen molar-refractivity contribution in [2.75, 3.05) is 6.54 Å². The Morgan fingerprint density at radius 2 is 2.40 bits per heavy atom. The molecule has 0 fully saturated rings. The van der Waals surface area contributed by atoms with Crippen LogP contribution < -0.4 is 5.32 Å². The zero-order valence-electron chi connectivity index (χ0n) is 5.78. The van der Waals surface area contributed by atoms with Gasteiger partial charge in [-0.25, -0.2) is 4.39 Å². The quantitative estimate of drug-likeness (QED) is 0.616. The molecule has 0 aromatic carbocycles. The van der Waals surface area contributed by atoms with Crippen LogP contribution in [0.2, 0.25) is 0 Å². The topological polar surface area (TPSA) is 12.0 Å². The summed E-state index contributed by atoms with van der Waals surface area (Å²) in [4.78, 5) is 0. The Kier molecular flexibility index (Phi) is 1.90. The maximum atomic E-state index is 12.5.